The molecule has 0 radical (unpaired) electrons. The van der Waals surface area contributed by atoms with E-state index in [4.69, 9.17) is 14.6 Å². The molecule has 3 rings (SSSR count). The number of aromatic carboxylic acids is 1. The zero-order valence-electron chi connectivity index (χ0n) is 13.7. The van der Waals surface area contributed by atoms with E-state index in [-0.39, 0.29) is 23.6 Å². The number of benzene rings is 1. The maximum Gasteiger partial charge on any atom is 0.335 e. The molecule has 0 spiro atoms. The number of amides is 1. The van der Waals surface area contributed by atoms with Gasteiger partial charge in [0.25, 0.3) is 5.91 Å². The maximum absolute atomic E-state index is 12.4. The Hall–Kier alpha value is -2.87. The van der Waals surface area contributed by atoms with Crippen molar-refractivity contribution in [3.8, 4) is 5.75 Å². The zero-order valence-corrected chi connectivity index (χ0v) is 13.7. The van der Waals surface area contributed by atoms with Crippen LogP contribution in [-0.4, -0.2) is 51.9 Å². The van der Waals surface area contributed by atoms with Crippen molar-refractivity contribution in [1.29, 1.82) is 0 Å². The standard InChI is InChI=1S/C17H19N3O5/c1-20-10-18-8-14(20)16(21)19-13-6-7-24-9-15(13)25-12-4-2-11(3-5-12)17(22)23/h2-5,8,10,13,15H,6-7,9H2,1H3,(H,19,21)(H,22,23)/t13-,15-/m1/s1. The van der Waals surface area contributed by atoms with Crippen LogP contribution in [0.3, 0.4) is 0 Å². The lowest BCUT2D eigenvalue weighted by atomic mass is 10.1. The Kier molecular flexibility index (Phi) is 4.99. The van der Waals surface area contributed by atoms with Crippen molar-refractivity contribution < 1.29 is 24.2 Å². The number of carboxylic acid groups (broad SMARTS) is 1. The van der Waals surface area contributed by atoms with E-state index in [1.807, 2.05) is 0 Å². The number of carboxylic acids is 1. The topological polar surface area (TPSA) is 103 Å². The Morgan fingerprint density at radius 1 is 1.36 bits per heavy atom. The van der Waals surface area contributed by atoms with Crippen molar-refractivity contribution in [1.82, 2.24) is 14.9 Å². The largest absolute Gasteiger partial charge is 0.486 e. The van der Waals surface area contributed by atoms with Crippen molar-refractivity contribution in [3.63, 3.8) is 0 Å². The Morgan fingerprint density at radius 2 is 2.12 bits per heavy atom. The van der Waals surface area contributed by atoms with Crippen LogP contribution in [0.1, 0.15) is 27.3 Å². The third-order valence-electron chi connectivity index (χ3n) is 4.06. The van der Waals surface area contributed by atoms with Crippen LogP contribution in [0, 0.1) is 0 Å². The first kappa shape index (κ1) is 17.0. The molecule has 1 saturated heterocycles. The van der Waals surface area contributed by atoms with E-state index in [9.17, 15) is 9.59 Å². The average Bonchev–Trinajstić information content (AvgIpc) is 3.03. The van der Waals surface area contributed by atoms with Crippen LogP contribution >= 0.6 is 0 Å². The molecular formula is C17H19N3O5. The van der Waals surface area contributed by atoms with Crippen LogP contribution in [0.4, 0.5) is 0 Å². The molecule has 1 amide bonds. The molecule has 132 valence electrons. The second-order valence-electron chi connectivity index (χ2n) is 5.82. The number of carbonyl (C=O) groups excluding carboxylic acids is 1. The van der Waals surface area contributed by atoms with Gasteiger partial charge in [-0.3, -0.25) is 4.79 Å². The van der Waals surface area contributed by atoms with Crippen LogP contribution in [0.15, 0.2) is 36.8 Å². The first-order valence-corrected chi connectivity index (χ1v) is 7.89. The molecule has 25 heavy (non-hydrogen) atoms. The first-order chi connectivity index (χ1) is 12.0. The Labute approximate surface area is 144 Å². The fourth-order valence-corrected chi connectivity index (χ4v) is 2.66. The maximum atomic E-state index is 12.4. The molecule has 2 heterocycles. The highest BCUT2D eigenvalue weighted by molar-refractivity contribution is 5.92. The Balaban J connectivity index is 1.67. The van der Waals surface area contributed by atoms with Gasteiger partial charge in [-0.2, -0.15) is 0 Å². The van der Waals surface area contributed by atoms with E-state index in [1.165, 1.54) is 18.3 Å². The number of ether oxygens (including phenoxy) is 2. The van der Waals surface area contributed by atoms with E-state index in [2.05, 4.69) is 10.3 Å². The quantitative estimate of drug-likeness (QED) is 0.841. The minimum Gasteiger partial charge on any atom is -0.486 e. The molecule has 1 aliphatic rings. The number of nitrogens with one attached hydrogen (secondary N) is 1. The lowest BCUT2D eigenvalue weighted by Gasteiger charge is -2.32. The van der Waals surface area contributed by atoms with Crippen LogP contribution in [-0.2, 0) is 11.8 Å². The Bertz CT molecular complexity index is 756. The number of hydrogen-bond donors (Lipinski definition) is 2. The Morgan fingerprint density at radius 3 is 2.76 bits per heavy atom. The third kappa shape index (κ3) is 3.97. The highest BCUT2D eigenvalue weighted by Crippen LogP contribution is 2.19. The molecule has 2 aromatic rings. The van der Waals surface area contributed by atoms with Crippen molar-refractivity contribution in [2.75, 3.05) is 13.2 Å². The minimum absolute atomic E-state index is 0.188. The van der Waals surface area contributed by atoms with Crippen molar-refractivity contribution >= 4 is 11.9 Å². The van der Waals surface area contributed by atoms with E-state index >= 15 is 0 Å². The molecule has 1 fully saturated rings. The molecule has 1 aromatic heterocycles. The summed E-state index contributed by atoms with van der Waals surface area (Å²) in [6.45, 7) is 0.880. The van der Waals surface area contributed by atoms with Gasteiger partial charge in [-0.25, -0.2) is 9.78 Å². The second kappa shape index (κ2) is 7.35. The highest BCUT2D eigenvalue weighted by Gasteiger charge is 2.29. The smallest absolute Gasteiger partial charge is 0.335 e. The minimum atomic E-state index is -0.992. The van der Waals surface area contributed by atoms with Gasteiger partial charge in [0, 0.05) is 13.7 Å². The predicted molar refractivity (Wildman–Crippen MR) is 87.7 cm³/mol. The summed E-state index contributed by atoms with van der Waals surface area (Å²) in [5, 5.41) is 11.9. The number of aryl methyl sites for hydroxylation is 1. The van der Waals surface area contributed by atoms with Gasteiger partial charge >= 0.3 is 5.97 Å². The van der Waals surface area contributed by atoms with Crippen LogP contribution < -0.4 is 10.1 Å². The van der Waals surface area contributed by atoms with Gasteiger partial charge in [0.2, 0.25) is 0 Å². The normalized spacial score (nSPS) is 20.0. The molecular weight excluding hydrogens is 326 g/mol. The molecule has 8 nitrogen and oxygen atoms in total. The van der Waals surface area contributed by atoms with Gasteiger partial charge in [0.05, 0.1) is 30.7 Å². The van der Waals surface area contributed by atoms with E-state index in [0.29, 0.717) is 31.1 Å². The van der Waals surface area contributed by atoms with Crippen LogP contribution in [0.5, 0.6) is 5.75 Å². The summed E-state index contributed by atoms with van der Waals surface area (Å²) >= 11 is 0. The summed E-state index contributed by atoms with van der Waals surface area (Å²) in [6, 6.07) is 5.93. The van der Waals surface area contributed by atoms with Gasteiger partial charge in [-0.05, 0) is 30.7 Å². The number of carbonyl (C=O) groups is 2. The van der Waals surface area contributed by atoms with Gasteiger partial charge in [0.1, 0.15) is 17.5 Å². The SMILES string of the molecule is Cn1cncc1C(=O)N[C@@H]1CCOC[C@H]1Oc1ccc(C(=O)O)cc1. The van der Waals surface area contributed by atoms with Crippen molar-refractivity contribution in [2.45, 2.75) is 18.6 Å². The summed E-state index contributed by atoms with van der Waals surface area (Å²) in [5.74, 6) is -0.684. The molecule has 0 aliphatic carbocycles. The number of hydrogen-bond acceptors (Lipinski definition) is 5. The summed E-state index contributed by atoms with van der Waals surface area (Å²) in [7, 11) is 1.75. The molecule has 2 N–H and O–H groups in total. The van der Waals surface area contributed by atoms with Gasteiger partial charge < -0.3 is 24.5 Å². The fraction of sp³-hybridized carbons (Fsp3) is 0.353. The lowest BCUT2D eigenvalue weighted by Crippen LogP contribution is -2.51. The summed E-state index contributed by atoms with van der Waals surface area (Å²) in [4.78, 5) is 27.2. The van der Waals surface area contributed by atoms with E-state index in [0.717, 1.165) is 0 Å². The monoisotopic (exact) mass is 345 g/mol. The lowest BCUT2D eigenvalue weighted by molar-refractivity contribution is -0.0135. The molecule has 1 aromatic carbocycles. The summed E-state index contributed by atoms with van der Waals surface area (Å²) in [5.41, 5.74) is 0.657. The molecule has 0 bridgehead atoms. The summed E-state index contributed by atoms with van der Waals surface area (Å²) in [6.07, 6.45) is 3.34. The average molecular weight is 345 g/mol. The van der Waals surface area contributed by atoms with Gasteiger partial charge in [0.15, 0.2) is 0 Å². The van der Waals surface area contributed by atoms with E-state index in [1.54, 1.807) is 30.1 Å². The van der Waals surface area contributed by atoms with Crippen LogP contribution in [0.25, 0.3) is 0 Å². The van der Waals surface area contributed by atoms with Crippen molar-refractivity contribution in [3.05, 3.63) is 48.0 Å². The third-order valence-corrected chi connectivity index (χ3v) is 4.06. The van der Waals surface area contributed by atoms with E-state index < -0.39 is 5.97 Å². The highest BCUT2D eigenvalue weighted by atomic mass is 16.5. The fourth-order valence-electron chi connectivity index (χ4n) is 2.66. The number of aromatic nitrogens is 2. The predicted octanol–water partition coefficient (Wildman–Crippen LogP) is 1.08. The molecule has 0 unspecified atom stereocenters. The molecule has 2 atom stereocenters. The first-order valence-electron chi connectivity index (χ1n) is 7.89. The molecule has 0 saturated carbocycles. The molecule has 8 heteroatoms. The number of rotatable bonds is 5. The molecule has 1 aliphatic heterocycles. The van der Waals surface area contributed by atoms with Crippen molar-refractivity contribution in [2.24, 2.45) is 7.05 Å². The number of nitrogens with zero attached hydrogens (tertiary/aromatic N) is 2. The summed E-state index contributed by atoms with van der Waals surface area (Å²) < 4.78 is 13.0. The number of imidazole rings is 1. The van der Waals surface area contributed by atoms with Crippen LogP contribution in [0.2, 0.25) is 0 Å². The zero-order chi connectivity index (χ0) is 17.8. The van der Waals surface area contributed by atoms with Gasteiger partial charge in [-0.15, -0.1) is 0 Å². The van der Waals surface area contributed by atoms with Gasteiger partial charge in [-0.1, -0.05) is 0 Å². The second-order valence-corrected chi connectivity index (χ2v) is 5.82.